The fraction of sp³-hybridized carbons (Fsp3) is 0.800. The summed E-state index contributed by atoms with van der Waals surface area (Å²) in [7, 11) is 0. The third-order valence-electron chi connectivity index (χ3n) is 3.14. The third kappa shape index (κ3) is 2.68. The van der Waals surface area contributed by atoms with Crippen LogP contribution < -0.4 is 0 Å². The molecule has 0 spiro atoms. The lowest BCUT2D eigenvalue weighted by molar-refractivity contribution is 0.120. The van der Waals surface area contributed by atoms with E-state index in [2.05, 4.69) is 28.3 Å². The fourth-order valence-corrected chi connectivity index (χ4v) is 2.79. The summed E-state index contributed by atoms with van der Waals surface area (Å²) in [6.45, 7) is 6.61. The van der Waals surface area contributed by atoms with Crippen LogP contribution in [0.15, 0.2) is 0 Å². The maximum absolute atomic E-state index is 6.00. The number of nitrogens with zero attached hydrogens (tertiary/aromatic N) is 3. The van der Waals surface area contributed by atoms with Gasteiger partial charge in [0.25, 0.3) is 0 Å². The Hall–Kier alpha value is -0.190. The Labute approximate surface area is 99.6 Å². The molecule has 2 rings (SSSR count). The SMILES string of the molecule is CC1CCN(Cc2nnsc2Cl)C(C)C1. The molecule has 84 valence electrons. The Morgan fingerprint density at radius 2 is 2.33 bits per heavy atom. The maximum atomic E-state index is 6.00. The first-order valence-corrected chi connectivity index (χ1v) is 6.52. The summed E-state index contributed by atoms with van der Waals surface area (Å²) in [5, 5.41) is 4.06. The Balaban J connectivity index is 1.98. The molecule has 1 saturated heterocycles. The monoisotopic (exact) mass is 245 g/mol. The topological polar surface area (TPSA) is 29.0 Å². The molecule has 0 radical (unpaired) electrons. The molecule has 2 heterocycles. The molecule has 2 unspecified atom stereocenters. The zero-order valence-electron chi connectivity index (χ0n) is 9.11. The summed E-state index contributed by atoms with van der Waals surface area (Å²) < 4.78 is 4.60. The highest BCUT2D eigenvalue weighted by atomic mass is 35.5. The van der Waals surface area contributed by atoms with Gasteiger partial charge in [-0.25, -0.2) is 0 Å². The van der Waals surface area contributed by atoms with Gasteiger partial charge in [0.1, 0.15) is 10.0 Å². The van der Waals surface area contributed by atoms with Gasteiger partial charge in [-0.15, -0.1) is 5.10 Å². The summed E-state index contributed by atoms with van der Waals surface area (Å²) in [4.78, 5) is 2.45. The maximum Gasteiger partial charge on any atom is 0.138 e. The van der Waals surface area contributed by atoms with Crippen LogP contribution in [-0.2, 0) is 6.54 Å². The van der Waals surface area contributed by atoms with Crippen molar-refractivity contribution in [1.82, 2.24) is 14.5 Å². The molecule has 2 atom stereocenters. The fourth-order valence-electron chi connectivity index (χ4n) is 2.17. The zero-order valence-corrected chi connectivity index (χ0v) is 10.7. The minimum Gasteiger partial charge on any atom is -0.295 e. The van der Waals surface area contributed by atoms with Crippen molar-refractivity contribution < 1.29 is 0 Å². The van der Waals surface area contributed by atoms with Crippen molar-refractivity contribution >= 4 is 23.1 Å². The number of rotatable bonds is 2. The van der Waals surface area contributed by atoms with Crippen LogP contribution in [0, 0.1) is 5.92 Å². The van der Waals surface area contributed by atoms with E-state index in [0.29, 0.717) is 6.04 Å². The van der Waals surface area contributed by atoms with Crippen molar-refractivity contribution in [3.63, 3.8) is 0 Å². The van der Waals surface area contributed by atoms with Crippen LogP contribution in [0.25, 0.3) is 0 Å². The van der Waals surface area contributed by atoms with E-state index in [9.17, 15) is 0 Å². The summed E-state index contributed by atoms with van der Waals surface area (Å²) in [5.74, 6) is 0.847. The predicted octanol–water partition coefficient (Wildman–Crippen LogP) is 2.81. The summed E-state index contributed by atoms with van der Waals surface area (Å²) >= 11 is 7.27. The van der Waals surface area contributed by atoms with Crippen molar-refractivity contribution in [1.29, 1.82) is 0 Å². The molecule has 0 N–H and O–H groups in total. The van der Waals surface area contributed by atoms with Crippen LogP contribution >= 0.6 is 23.1 Å². The first-order valence-electron chi connectivity index (χ1n) is 5.37. The van der Waals surface area contributed by atoms with Gasteiger partial charge in [-0.05, 0) is 32.2 Å². The highest BCUT2D eigenvalue weighted by Crippen LogP contribution is 2.26. The van der Waals surface area contributed by atoms with Gasteiger partial charge in [-0.1, -0.05) is 23.0 Å². The molecule has 1 fully saturated rings. The first-order chi connectivity index (χ1) is 7.16. The number of likely N-dealkylation sites (tertiary alicyclic amines) is 1. The normalized spacial score (nSPS) is 28.2. The molecule has 0 amide bonds. The zero-order chi connectivity index (χ0) is 10.8. The molecular formula is C10H16ClN3S. The number of piperidine rings is 1. The number of hydrogen-bond acceptors (Lipinski definition) is 4. The molecule has 0 aromatic carbocycles. The van der Waals surface area contributed by atoms with Gasteiger partial charge >= 0.3 is 0 Å². The van der Waals surface area contributed by atoms with Crippen LogP contribution in [0.4, 0.5) is 0 Å². The van der Waals surface area contributed by atoms with E-state index in [1.54, 1.807) is 0 Å². The van der Waals surface area contributed by atoms with E-state index < -0.39 is 0 Å². The highest BCUT2D eigenvalue weighted by molar-refractivity contribution is 7.10. The summed E-state index contributed by atoms with van der Waals surface area (Å²) in [6.07, 6.45) is 2.55. The Morgan fingerprint density at radius 1 is 1.53 bits per heavy atom. The van der Waals surface area contributed by atoms with Crippen LogP contribution in [0.2, 0.25) is 4.34 Å². The Kier molecular flexibility index (Phi) is 3.59. The van der Waals surface area contributed by atoms with Crippen molar-refractivity contribution in [3.05, 3.63) is 10.0 Å². The molecule has 1 aromatic rings. The smallest absolute Gasteiger partial charge is 0.138 e. The second-order valence-corrected chi connectivity index (χ2v) is 5.80. The lowest BCUT2D eigenvalue weighted by Gasteiger charge is -2.35. The van der Waals surface area contributed by atoms with E-state index >= 15 is 0 Å². The number of aromatic nitrogens is 2. The van der Waals surface area contributed by atoms with Gasteiger partial charge < -0.3 is 0 Å². The van der Waals surface area contributed by atoms with Crippen molar-refractivity contribution in [2.75, 3.05) is 6.54 Å². The van der Waals surface area contributed by atoms with E-state index in [1.807, 2.05) is 0 Å². The van der Waals surface area contributed by atoms with Gasteiger partial charge in [-0.3, -0.25) is 4.90 Å². The van der Waals surface area contributed by atoms with Crippen LogP contribution in [0.1, 0.15) is 32.4 Å². The molecule has 0 bridgehead atoms. The van der Waals surface area contributed by atoms with Crippen molar-refractivity contribution in [2.24, 2.45) is 5.92 Å². The Morgan fingerprint density at radius 3 is 2.93 bits per heavy atom. The van der Waals surface area contributed by atoms with E-state index in [4.69, 9.17) is 11.6 Å². The molecule has 1 aliphatic heterocycles. The van der Waals surface area contributed by atoms with Gasteiger partial charge in [0, 0.05) is 24.1 Å². The minimum absolute atomic E-state index is 0.631. The van der Waals surface area contributed by atoms with E-state index in [-0.39, 0.29) is 0 Å². The van der Waals surface area contributed by atoms with E-state index in [0.717, 1.165) is 29.0 Å². The minimum atomic E-state index is 0.631. The number of halogens is 1. The van der Waals surface area contributed by atoms with Crippen LogP contribution in [0.5, 0.6) is 0 Å². The average Bonchev–Trinajstić information content (AvgIpc) is 2.57. The largest absolute Gasteiger partial charge is 0.295 e. The molecule has 0 aliphatic carbocycles. The van der Waals surface area contributed by atoms with Gasteiger partial charge in [0.05, 0.1) is 0 Å². The Bertz CT molecular complexity index is 328. The van der Waals surface area contributed by atoms with Gasteiger partial charge in [0.2, 0.25) is 0 Å². The highest BCUT2D eigenvalue weighted by Gasteiger charge is 2.24. The molecular weight excluding hydrogens is 230 g/mol. The molecule has 5 heteroatoms. The predicted molar refractivity (Wildman–Crippen MR) is 63.2 cm³/mol. The van der Waals surface area contributed by atoms with Gasteiger partial charge in [-0.2, -0.15) is 0 Å². The second-order valence-electron chi connectivity index (χ2n) is 4.44. The molecule has 1 aromatic heterocycles. The third-order valence-corrected chi connectivity index (χ3v) is 4.12. The second kappa shape index (κ2) is 4.76. The quantitative estimate of drug-likeness (QED) is 0.803. The standard InChI is InChI=1S/C10H16ClN3S/c1-7-3-4-14(8(2)5-7)6-9-10(11)15-13-12-9/h7-8H,3-6H2,1-2H3. The van der Waals surface area contributed by atoms with Crippen LogP contribution in [0.3, 0.4) is 0 Å². The molecule has 3 nitrogen and oxygen atoms in total. The van der Waals surface area contributed by atoms with Crippen molar-refractivity contribution in [3.8, 4) is 0 Å². The molecule has 15 heavy (non-hydrogen) atoms. The van der Waals surface area contributed by atoms with Gasteiger partial charge in [0.15, 0.2) is 0 Å². The molecule has 1 aliphatic rings. The number of hydrogen-bond donors (Lipinski definition) is 0. The lowest BCUT2D eigenvalue weighted by atomic mass is 9.93. The lowest BCUT2D eigenvalue weighted by Crippen LogP contribution is -2.39. The average molecular weight is 246 g/mol. The van der Waals surface area contributed by atoms with E-state index in [1.165, 1.54) is 24.4 Å². The summed E-state index contributed by atoms with van der Waals surface area (Å²) in [6, 6.07) is 0.631. The molecule has 0 saturated carbocycles. The van der Waals surface area contributed by atoms with Crippen LogP contribution in [-0.4, -0.2) is 27.1 Å². The van der Waals surface area contributed by atoms with Crippen molar-refractivity contribution in [2.45, 2.75) is 39.3 Å². The first kappa shape index (κ1) is 11.3. The summed E-state index contributed by atoms with van der Waals surface area (Å²) in [5.41, 5.74) is 0.933.